The van der Waals surface area contributed by atoms with E-state index in [1.54, 1.807) is 24.4 Å². The van der Waals surface area contributed by atoms with Crippen LogP contribution in [0.3, 0.4) is 0 Å². The van der Waals surface area contributed by atoms with E-state index in [9.17, 15) is 27.7 Å². The van der Waals surface area contributed by atoms with Gasteiger partial charge in [0, 0.05) is 42.6 Å². The standard InChI is InChI=1S/C29H28FN5O8S/c30-11-19-13-34(21-16-41-17-21)14-20(19)15-42-27-6-5-23(10-25(27)35(37)38)44(39,40)33-29(36)24-3-1-2-4-26(24)43-22-9-18-7-8-31-28(18)32-12-22/h1-10,12,19-21H,11,13-17H2,(H,31,32)(H,33,36)/t19-,20+/m1/s1. The molecule has 2 fully saturated rings. The zero-order valence-corrected chi connectivity index (χ0v) is 24.0. The Morgan fingerprint density at radius 1 is 1.14 bits per heavy atom. The van der Waals surface area contributed by atoms with Crippen molar-refractivity contribution < 1.29 is 36.7 Å². The number of hydrogen-bond donors (Lipinski definition) is 2. The van der Waals surface area contributed by atoms with Crippen LogP contribution in [0.4, 0.5) is 10.1 Å². The maximum absolute atomic E-state index is 13.7. The number of likely N-dealkylation sites (tertiary alicyclic amines) is 1. The first-order valence-electron chi connectivity index (χ1n) is 13.8. The number of nitro benzene ring substituents is 1. The van der Waals surface area contributed by atoms with E-state index in [1.807, 2.05) is 4.72 Å². The second-order valence-corrected chi connectivity index (χ2v) is 12.3. The van der Waals surface area contributed by atoms with Crippen molar-refractivity contribution in [3.63, 3.8) is 0 Å². The molecule has 0 aliphatic carbocycles. The Labute approximate surface area is 251 Å². The molecule has 2 aromatic heterocycles. The van der Waals surface area contributed by atoms with Gasteiger partial charge in [0.05, 0.1) is 54.1 Å². The largest absolute Gasteiger partial charge is 0.486 e. The number of fused-ring (bicyclic) bond motifs is 1. The molecule has 0 saturated carbocycles. The highest BCUT2D eigenvalue weighted by atomic mass is 32.2. The van der Waals surface area contributed by atoms with Crippen LogP contribution >= 0.6 is 0 Å². The van der Waals surface area contributed by atoms with Gasteiger partial charge in [0.1, 0.15) is 17.1 Å². The van der Waals surface area contributed by atoms with Crippen molar-refractivity contribution in [2.45, 2.75) is 10.9 Å². The number of ether oxygens (including phenoxy) is 3. The summed E-state index contributed by atoms with van der Waals surface area (Å²) >= 11 is 0. The fourth-order valence-electron chi connectivity index (χ4n) is 5.28. The zero-order chi connectivity index (χ0) is 30.8. The molecule has 13 nitrogen and oxygen atoms in total. The fraction of sp³-hybridized carbons (Fsp3) is 0.310. The van der Waals surface area contributed by atoms with E-state index in [-0.39, 0.29) is 41.5 Å². The van der Waals surface area contributed by atoms with Crippen LogP contribution in [0.1, 0.15) is 10.4 Å². The first kappa shape index (κ1) is 29.5. The summed E-state index contributed by atoms with van der Waals surface area (Å²) < 4.78 is 58.8. The lowest BCUT2D eigenvalue weighted by molar-refractivity contribution is -0.386. The highest BCUT2D eigenvalue weighted by molar-refractivity contribution is 7.90. The van der Waals surface area contributed by atoms with Gasteiger partial charge in [0.15, 0.2) is 5.75 Å². The number of rotatable bonds is 11. The van der Waals surface area contributed by atoms with Gasteiger partial charge in [-0.3, -0.25) is 24.2 Å². The number of amides is 1. The quantitative estimate of drug-likeness (QED) is 0.185. The van der Waals surface area contributed by atoms with Crippen LogP contribution in [0.5, 0.6) is 17.2 Å². The normalized spacial score (nSPS) is 19.0. The van der Waals surface area contributed by atoms with Crippen molar-refractivity contribution >= 4 is 32.7 Å². The van der Waals surface area contributed by atoms with E-state index < -0.39 is 38.1 Å². The summed E-state index contributed by atoms with van der Waals surface area (Å²) in [6.45, 7) is 1.76. The average Bonchev–Trinajstić information content (AvgIpc) is 3.61. The Bertz CT molecular complexity index is 1810. The molecule has 44 heavy (non-hydrogen) atoms. The van der Waals surface area contributed by atoms with Crippen molar-refractivity contribution in [3.8, 4) is 17.2 Å². The van der Waals surface area contributed by atoms with Gasteiger partial charge in [0.25, 0.3) is 15.9 Å². The number of nitro groups is 1. The Balaban J connectivity index is 1.16. The van der Waals surface area contributed by atoms with Crippen LogP contribution in [-0.4, -0.2) is 79.7 Å². The molecular formula is C29H28FN5O8S. The predicted octanol–water partition coefficient (Wildman–Crippen LogP) is 3.68. The number of benzene rings is 2. The van der Waals surface area contributed by atoms with Crippen molar-refractivity contribution in [1.82, 2.24) is 19.6 Å². The van der Waals surface area contributed by atoms with Gasteiger partial charge in [-0.05, 0) is 36.4 Å². The van der Waals surface area contributed by atoms with Gasteiger partial charge < -0.3 is 19.2 Å². The Morgan fingerprint density at radius 2 is 1.93 bits per heavy atom. The number of para-hydroxylation sites is 1. The van der Waals surface area contributed by atoms with Crippen LogP contribution in [0.2, 0.25) is 0 Å². The fourth-order valence-corrected chi connectivity index (χ4v) is 6.26. The van der Waals surface area contributed by atoms with E-state index in [2.05, 4.69) is 14.9 Å². The highest BCUT2D eigenvalue weighted by Gasteiger charge is 2.39. The van der Waals surface area contributed by atoms with E-state index in [0.717, 1.165) is 23.6 Å². The summed E-state index contributed by atoms with van der Waals surface area (Å²) in [7, 11) is -4.55. The molecule has 0 unspecified atom stereocenters. The molecular weight excluding hydrogens is 597 g/mol. The number of nitrogens with zero attached hydrogens (tertiary/aromatic N) is 3. The molecule has 15 heteroatoms. The van der Waals surface area contributed by atoms with Crippen LogP contribution < -0.4 is 14.2 Å². The van der Waals surface area contributed by atoms with Crippen molar-refractivity contribution in [3.05, 3.63) is 82.7 Å². The van der Waals surface area contributed by atoms with Crippen LogP contribution in [-0.2, 0) is 14.8 Å². The van der Waals surface area contributed by atoms with Gasteiger partial charge in [-0.15, -0.1) is 0 Å². The molecule has 2 aliphatic heterocycles. The highest BCUT2D eigenvalue weighted by Crippen LogP contribution is 2.33. The second-order valence-electron chi connectivity index (χ2n) is 10.6. The monoisotopic (exact) mass is 625 g/mol. The molecule has 2 N–H and O–H groups in total. The molecule has 0 spiro atoms. The third-order valence-corrected chi connectivity index (χ3v) is 9.12. The molecule has 0 radical (unpaired) electrons. The topological polar surface area (TPSA) is 166 Å². The second kappa shape index (κ2) is 12.2. The number of carbonyl (C=O) groups excluding carboxylic acids is 1. The van der Waals surface area contributed by atoms with E-state index in [4.69, 9.17) is 14.2 Å². The molecule has 0 bridgehead atoms. The minimum Gasteiger partial charge on any atom is -0.486 e. The zero-order valence-electron chi connectivity index (χ0n) is 23.2. The minimum absolute atomic E-state index is 0.0195. The average molecular weight is 626 g/mol. The Morgan fingerprint density at radius 3 is 2.68 bits per heavy atom. The molecule has 4 heterocycles. The van der Waals surface area contributed by atoms with Crippen LogP contribution in [0.15, 0.2) is 71.9 Å². The number of H-pyrrole nitrogens is 1. The number of aromatic nitrogens is 2. The molecule has 1 amide bonds. The number of nitrogens with one attached hydrogen (secondary N) is 2. The molecule has 6 rings (SSSR count). The number of carbonyl (C=O) groups is 1. The maximum Gasteiger partial charge on any atom is 0.312 e. The maximum atomic E-state index is 13.7. The number of alkyl halides is 1. The number of pyridine rings is 1. The molecule has 2 aromatic carbocycles. The smallest absolute Gasteiger partial charge is 0.312 e. The Kier molecular flexibility index (Phi) is 8.16. The third-order valence-electron chi connectivity index (χ3n) is 7.79. The van der Waals surface area contributed by atoms with E-state index >= 15 is 0 Å². The van der Waals surface area contributed by atoms with E-state index in [0.29, 0.717) is 37.7 Å². The van der Waals surface area contributed by atoms with Gasteiger partial charge in [-0.1, -0.05) is 12.1 Å². The summed E-state index contributed by atoms with van der Waals surface area (Å²) in [4.78, 5) is 33.0. The predicted molar refractivity (Wildman–Crippen MR) is 155 cm³/mol. The number of sulfonamides is 1. The summed E-state index contributed by atoms with van der Waals surface area (Å²) in [5.41, 5.74) is -0.0365. The summed E-state index contributed by atoms with van der Waals surface area (Å²) in [6.07, 6.45) is 3.17. The first-order valence-corrected chi connectivity index (χ1v) is 15.3. The number of aromatic amines is 1. The summed E-state index contributed by atoms with van der Waals surface area (Å²) in [5.74, 6) is -1.25. The summed E-state index contributed by atoms with van der Waals surface area (Å²) in [5, 5.41) is 12.6. The molecule has 2 aliphatic rings. The van der Waals surface area contributed by atoms with Crippen molar-refractivity contribution in [2.24, 2.45) is 11.8 Å². The lowest BCUT2D eigenvalue weighted by atomic mass is 9.98. The van der Waals surface area contributed by atoms with Gasteiger partial charge in [0.2, 0.25) is 0 Å². The molecule has 2 saturated heterocycles. The van der Waals surface area contributed by atoms with Crippen molar-refractivity contribution in [2.75, 3.05) is 39.6 Å². The molecule has 4 aromatic rings. The van der Waals surface area contributed by atoms with Crippen LogP contribution in [0.25, 0.3) is 11.0 Å². The Hall–Kier alpha value is -4.60. The first-order chi connectivity index (χ1) is 21.2. The lowest BCUT2D eigenvalue weighted by Gasteiger charge is -2.34. The number of halogens is 1. The minimum atomic E-state index is -4.55. The molecule has 230 valence electrons. The number of hydrogen-bond acceptors (Lipinski definition) is 10. The summed E-state index contributed by atoms with van der Waals surface area (Å²) in [6, 6.07) is 12.9. The molecule has 2 atom stereocenters. The SMILES string of the molecule is O=C(NS(=O)(=O)c1ccc(OC[C@@H]2CN(C3COC3)C[C@H]2CF)c([N+](=O)[O-])c1)c1ccccc1Oc1cnc2[nH]ccc2c1. The van der Waals surface area contributed by atoms with Gasteiger partial charge in [-0.25, -0.2) is 18.1 Å². The lowest BCUT2D eigenvalue weighted by Crippen LogP contribution is -2.48. The van der Waals surface area contributed by atoms with Gasteiger partial charge in [-0.2, -0.15) is 0 Å². The third kappa shape index (κ3) is 6.06. The van der Waals surface area contributed by atoms with E-state index in [1.165, 1.54) is 24.4 Å². The van der Waals surface area contributed by atoms with Crippen LogP contribution in [0, 0.1) is 22.0 Å². The van der Waals surface area contributed by atoms with Crippen molar-refractivity contribution in [1.29, 1.82) is 0 Å². The van der Waals surface area contributed by atoms with Gasteiger partial charge >= 0.3 is 5.69 Å².